The van der Waals surface area contributed by atoms with Crippen LogP contribution in [0.1, 0.15) is 78.6 Å². The van der Waals surface area contributed by atoms with Crippen molar-refractivity contribution < 1.29 is 4.79 Å². The van der Waals surface area contributed by atoms with Crippen LogP contribution < -0.4 is 5.32 Å². The van der Waals surface area contributed by atoms with E-state index in [0.717, 1.165) is 19.3 Å². The molecule has 2 aliphatic rings. The van der Waals surface area contributed by atoms with Gasteiger partial charge in [0.1, 0.15) is 0 Å². The average Bonchev–Trinajstić information content (AvgIpc) is 2.65. The summed E-state index contributed by atoms with van der Waals surface area (Å²) in [6, 6.07) is 0.544. The van der Waals surface area contributed by atoms with Gasteiger partial charge in [0.2, 0.25) is 5.91 Å². The summed E-state index contributed by atoms with van der Waals surface area (Å²) in [7, 11) is 0. The lowest BCUT2D eigenvalue weighted by atomic mass is 9.98. The molecule has 3 unspecified atom stereocenters. The van der Waals surface area contributed by atoms with Crippen molar-refractivity contribution in [2.75, 3.05) is 0 Å². The van der Waals surface area contributed by atoms with Crippen LogP contribution in [0.3, 0.4) is 0 Å². The molecule has 0 spiro atoms. The predicted octanol–water partition coefficient (Wildman–Crippen LogP) is 3.68. The highest BCUT2D eigenvalue weighted by atomic mass is 16.2. The van der Waals surface area contributed by atoms with Gasteiger partial charge in [0.15, 0.2) is 0 Å². The normalized spacial score (nSPS) is 30.6. The van der Waals surface area contributed by atoms with Gasteiger partial charge in [-0.15, -0.1) is 0 Å². The van der Waals surface area contributed by atoms with E-state index in [9.17, 15) is 4.79 Å². The van der Waals surface area contributed by atoms with Crippen molar-refractivity contribution in [3.05, 3.63) is 0 Å². The van der Waals surface area contributed by atoms with Crippen LogP contribution in [0.15, 0.2) is 0 Å². The van der Waals surface area contributed by atoms with Gasteiger partial charge in [-0.1, -0.05) is 59.3 Å². The van der Waals surface area contributed by atoms with E-state index in [2.05, 4.69) is 31.0 Å². The van der Waals surface area contributed by atoms with Crippen molar-refractivity contribution in [1.29, 1.82) is 0 Å². The molecule has 0 bridgehead atoms. The van der Waals surface area contributed by atoms with Gasteiger partial charge in [0.25, 0.3) is 0 Å². The minimum atomic E-state index is 0.0554. The molecule has 20 heavy (non-hydrogen) atoms. The molecule has 2 rings (SSSR count). The SMILES string of the molecule is CCCC1NC(C(C)CC)C(=O)N1C1CCCCCC1. The fourth-order valence-corrected chi connectivity index (χ4v) is 3.78. The third-order valence-electron chi connectivity index (χ3n) is 5.22. The molecular weight excluding hydrogens is 248 g/mol. The maximum atomic E-state index is 12.9. The van der Waals surface area contributed by atoms with Crippen LogP contribution in [0.25, 0.3) is 0 Å². The van der Waals surface area contributed by atoms with Gasteiger partial charge in [-0.3, -0.25) is 10.1 Å². The molecule has 3 nitrogen and oxygen atoms in total. The molecule has 0 radical (unpaired) electrons. The minimum absolute atomic E-state index is 0.0554. The summed E-state index contributed by atoms with van der Waals surface area (Å²) in [5, 5.41) is 3.64. The summed E-state index contributed by atoms with van der Waals surface area (Å²) in [6.07, 6.45) is 11.3. The Hall–Kier alpha value is -0.570. The van der Waals surface area contributed by atoms with E-state index in [-0.39, 0.29) is 12.2 Å². The number of hydrogen-bond donors (Lipinski definition) is 1. The first-order chi connectivity index (χ1) is 9.69. The van der Waals surface area contributed by atoms with Crippen molar-refractivity contribution in [1.82, 2.24) is 10.2 Å². The molecule has 1 N–H and O–H groups in total. The van der Waals surface area contributed by atoms with Gasteiger partial charge < -0.3 is 4.90 Å². The molecule has 3 atom stereocenters. The van der Waals surface area contributed by atoms with E-state index in [0.29, 0.717) is 17.9 Å². The Morgan fingerprint density at radius 3 is 2.40 bits per heavy atom. The van der Waals surface area contributed by atoms with Crippen LogP contribution in [0.2, 0.25) is 0 Å². The third-order valence-corrected chi connectivity index (χ3v) is 5.22. The number of hydrogen-bond acceptors (Lipinski definition) is 2. The molecule has 0 aromatic rings. The second-order valence-electron chi connectivity index (χ2n) is 6.73. The standard InChI is InChI=1S/C17H32N2O/c1-4-10-15-18-16(13(3)5-2)17(20)19(15)14-11-8-6-7-9-12-14/h13-16,18H,4-12H2,1-3H3. The average molecular weight is 280 g/mol. The lowest BCUT2D eigenvalue weighted by Gasteiger charge is -2.32. The van der Waals surface area contributed by atoms with Crippen LogP contribution in [0.4, 0.5) is 0 Å². The minimum Gasteiger partial charge on any atom is -0.323 e. The van der Waals surface area contributed by atoms with Crippen molar-refractivity contribution >= 4 is 5.91 Å². The molecule has 1 saturated heterocycles. The Labute approximate surface area is 124 Å². The second kappa shape index (κ2) is 7.44. The zero-order chi connectivity index (χ0) is 14.5. The smallest absolute Gasteiger partial charge is 0.241 e. The van der Waals surface area contributed by atoms with Crippen molar-refractivity contribution in [3.63, 3.8) is 0 Å². The molecule has 1 aliphatic heterocycles. The molecule has 1 heterocycles. The molecule has 1 amide bonds. The van der Waals surface area contributed by atoms with E-state index >= 15 is 0 Å². The predicted molar refractivity (Wildman–Crippen MR) is 83.4 cm³/mol. The van der Waals surface area contributed by atoms with E-state index < -0.39 is 0 Å². The summed E-state index contributed by atoms with van der Waals surface area (Å²) in [6.45, 7) is 6.60. The highest BCUT2D eigenvalue weighted by Crippen LogP contribution is 2.29. The first-order valence-electron chi connectivity index (χ1n) is 8.77. The number of rotatable bonds is 5. The maximum absolute atomic E-state index is 12.9. The Balaban J connectivity index is 2.11. The quantitative estimate of drug-likeness (QED) is 0.779. The molecule has 0 aromatic heterocycles. The van der Waals surface area contributed by atoms with Crippen molar-refractivity contribution in [2.45, 2.75) is 96.8 Å². The molecule has 2 fully saturated rings. The van der Waals surface area contributed by atoms with Gasteiger partial charge in [-0.25, -0.2) is 0 Å². The van der Waals surface area contributed by atoms with Gasteiger partial charge in [0, 0.05) is 6.04 Å². The van der Waals surface area contributed by atoms with Crippen LogP contribution in [-0.4, -0.2) is 29.1 Å². The number of carbonyl (C=O) groups excluding carboxylic acids is 1. The van der Waals surface area contributed by atoms with Crippen molar-refractivity contribution in [3.8, 4) is 0 Å². The second-order valence-corrected chi connectivity index (χ2v) is 6.73. The zero-order valence-corrected chi connectivity index (χ0v) is 13.5. The Morgan fingerprint density at radius 1 is 1.20 bits per heavy atom. The summed E-state index contributed by atoms with van der Waals surface area (Å²) in [5.74, 6) is 0.822. The maximum Gasteiger partial charge on any atom is 0.241 e. The monoisotopic (exact) mass is 280 g/mol. The first kappa shape index (κ1) is 15.8. The lowest BCUT2D eigenvalue weighted by molar-refractivity contribution is -0.133. The molecule has 0 aromatic carbocycles. The topological polar surface area (TPSA) is 32.3 Å². The Kier molecular flexibility index (Phi) is 5.88. The van der Waals surface area contributed by atoms with Gasteiger partial charge in [-0.05, 0) is 25.2 Å². The van der Waals surface area contributed by atoms with E-state index in [4.69, 9.17) is 0 Å². The highest BCUT2D eigenvalue weighted by Gasteiger charge is 2.43. The van der Waals surface area contributed by atoms with Crippen LogP contribution >= 0.6 is 0 Å². The largest absolute Gasteiger partial charge is 0.323 e. The Morgan fingerprint density at radius 2 is 1.85 bits per heavy atom. The fraction of sp³-hybridized carbons (Fsp3) is 0.941. The molecular formula is C17H32N2O. The number of carbonyl (C=O) groups is 1. The van der Waals surface area contributed by atoms with Gasteiger partial charge in [-0.2, -0.15) is 0 Å². The number of nitrogens with zero attached hydrogens (tertiary/aromatic N) is 1. The number of amides is 1. The molecule has 1 aliphatic carbocycles. The fourth-order valence-electron chi connectivity index (χ4n) is 3.78. The summed E-state index contributed by atoms with van der Waals surface area (Å²) < 4.78 is 0. The first-order valence-corrected chi connectivity index (χ1v) is 8.77. The van der Waals surface area contributed by atoms with E-state index in [1.54, 1.807) is 0 Å². The lowest BCUT2D eigenvalue weighted by Crippen LogP contribution is -2.44. The third kappa shape index (κ3) is 3.36. The van der Waals surface area contributed by atoms with E-state index in [1.807, 2.05) is 0 Å². The van der Waals surface area contributed by atoms with Crippen LogP contribution in [-0.2, 0) is 4.79 Å². The van der Waals surface area contributed by atoms with Crippen LogP contribution in [0, 0.1) is 5.92 Å². The summed E-state index contributed by atoms with van der Waals surface area (Å²) in [5.41, 5.74) is 0. The van der Waals surface area contributed by atoms with Gasteiger partial charge >= 0.3 is 0 Å². The van der Waals surface area contributed by atoms with Crippen LogP contribution in [0.5, 0.6) is 0 Å². The van der Waals surface area contributed by atoms with Crippen molar-refractivity contribution in [2.24, 2.45) is 5.92 Å². The highest BCUT2D eigenvalue weighted by molar-refractivity contribution is 5.85. The molecule has 3 heteroatoms. The van der Waals surface area contributed by atoms with Gasteiger partial charge in [0.05, 0.1) is 12.2 Å². The molecule has 1 saturated carbocycles. The Bertz CT molecular complexity index is 310. The van der Waals surface area contributed by atoms with E-state index in [1.165, 1.54) is 38.5 Å². The molecule has 116 valence electrons. The number of nitrogens with one attached hydrogen (secondary N) is 1. The summed E-state index contributed by atoms with van der Waals surface area (Å²) >= 11 is 0. The zero-order valence-electron chi connectivity index (χ0n) is 13.5. The summed E-state index contributed by atoms with van der Waals surface area (Å²) in [4.78, 5) is 15.1.